The van der Waals surface area contributed by atoms with Gasteiger partial charge >= 0.3 is 0 Å². The van der Waals surface area contributed by atoms with Crippen molar-refractivity contribution >= 4 is 5.91 Å². The standard InChI is InChI=1S/C19H27N3O2/c1-24-19(14-7-8-21-17(9-14)18(20)23)15-3-2-4-16(19)12-22(11-15)10-13-5-6-13/h7-9,13,15-16H,2-6,10-12H2,1H3,(H2,20,23)/t15-,16+,19?. The zero-order chi connectivity index (χ0) is 16.7. The molecule has 2 heterocycles. The first-order chi connectivity index (χ1) is 11.6. The molecule has 5 nitrogen and oxygen atoms in total. The number of nitrogens with two attached hydrogens (primary N) is 1. The zero-order valence-electron chi connectivity index (χ0n) is 14.4. The smallest absolute Gasteiger partial charge is 0.267 e. The second-order valence-electron chi connectivity index (χ2n) is 7.78. The Hall–Kier alpha value is -1.46. The monoisotopic (exact) mass is 329 g/mol. The van der Waals surface area contributed by atoms with Crippen molar-refractivity contribution in [1.82, 2.24) is 9.88 Å². The van der Waals surface area contributed by atoms with Gasteiger partial charge in [0.1, 0.15) is 11.3 Å². The second-order valence-corrected chi connectivity index (χ2v) is 7.78. The number of likely N-dealkylation sites (tertiary alicyclic amines) is 1. The Bertz CT molecular complexity index is 615. The lowest BCUT2D eigenvalue weighted by Crippen LogP contribution is -2.59. The highest BCUT2D eigenvalue weighted by molar-refractivity contribution is 5.90. The molecule has 0 spiro atoms. The minimum atomic E-state index is -0.473. The number of carbonyl (C=O) groups is 1. The van der Waals surface area contributed by atoms with Gasteiger partial charge in [0.15, 0.2) is 0 Å². The van der Waals surface area contributed by atoms with E-state index in [4.69, 9.17) is 10.5 Å². The minimum Gasteiger partial charge on any atom is -0.373 e. The molecule has 1 unspecified atom stereocenters. The molecule has 3 atom stereocenters. The predicted octanol–water partition coefficient (Wildman–Crippen LogP) is 2.16. The Morgan fingerprint density at radius 3 is 2.62 bits per heavy atom. The Kier molecular flexibility index (Phi) is 4.09. The van der Waals surface area contributed by atoms with Gasteiger partial charge in [0.05, 0.1) is 0 Å². The molecule has 4 rings (SSSR count). The van der Waals surface area contributed by atoms with E-state index in [0.29, 0.717) is 17.5 Å². The van der Waals surface area contributed by atoms with Gasteiger partial charge in [-0.15, -0.1) is 0 Å². The molecule has 2 saturated carbocycles. The summed E-state index contributed by atoms with van der Waals surface area (Å²) in [5, 5.41) is 0. The van der Waals surface area contributed by atoms with Crippen LogP contribution in [0.15, 0.2) is 18.3 Å². The van der Waals surface area contributed by atoms with E-state index >= 15 is 0 Å². The van der Waals surface area contributed by atoms with E-state index in [1.54, 1.807) is 6.20 Å². The molecule has 2 aliphatic carbocycles. The van der Waals surface area contributed by atoms with Crippen LogP contribution in [0.25, 0.3) is 0 Å². The predicted molar refractivity (Wildman–Crippen MR) is 91.4 cm³/mol. The number of carbonyl (C=O) groups excluding carboxylic acids is 1. The molecule has 3 aliphatic rings. The first-order valence-electron chi connectivity index (χ1n) is 9.17. The van der Waals surface area contributed by atoms with Crippen molar-refractivity contribution in [3.05, 3.63) is 29.6 Å². The quantitative estimate of drug-likeness (QED) is 0.899. The van der Waals surface area contributed by atoms with Gasteiger partial charge in [-0.2, -0.15) is 0 Å². The number of aromatic nitrogens is 1. The number of hydrogen-bond donors (Lipinski definition) is 1. The average molecular weight is 329 g/mol. The lowest BCUT2D eigenvalue weighted by molar-refractivity contribution is -0.169. The van der Waals surface area contributed by atoms with Crippen LogP contribution in [0.1, 0.15) is 48.2 Å². The summed E-state index contributed by atoms with van der Waals surface area (Å²) in [4.78, 5) is 18.3. The maximum absolute atomic E-state index is 11.6. The van der Waals surface area contributed by atoms with E-state index in [2.05, 4.69) is 9.88 Å². The van der Waals surface area contributed by atoms with Gasteiger partial charge in [-0.3, -0.25) is 9.78 Å². The van der Waals surface area contributed by atoms with Crippen molar-refractivity contribution in [3.63, 3.8) is 0 Å². The number of nitrogens with zero attached hydrogens (tertiary/aromatic N) is 2. The molecule has 2 bridgehead atoms. The molecule has 2 N–H and O–H groups in total. The molecular formula is C19H27N3O2. The van der Waals surface area contributed by atoms with Crippen molar-refractivity contribution in [2.24, 2.45) is 23.5 Å². The fourth-order valence-electron chi connectivity index (χ4n) is 5.07. The third-order valence-corrected chi connectivity index (χ3v) is 6.29. The van der Waals surface area contributed by atoms with Crippen molar-refractivity contribution in [2.45, 2.75) is 37.7 Å². The van der Waals surface area contributed by atoms with Gasteiger partial charge < -0.3 is 15.4 Å². The van der Waals surface area contributed by atoms with Crippen molar-refractivity contribution in [3.8, 4) is 0 Å². The van der Waals surface area contributed by atoms with Crippen molar-refractivity contribution in [1.29, 1.82) is 0 Å². The third-order valence-electron chi connectivity index (χ3n) is 6.29. The summed E-state index contributed by atoms with van der Waals surface area (Å²) in [5.41, 5.74) is 6.56. The Morgan fingerprint density at radius 1 is 1.33 bits per heavy atom. The molecule has 5 heteroatoms. The number of hydrogen-bond acceptors (Lipinski definition) is 4. The van der Waals surface area contributed by atoms with E-state index in [1.807, 2.05) is 19.2 Å². The van der Waals surface area contributed by atoms with Gasteiger partial charge in [-0.25, -0.2) is 0 Å². The average Bonchev–Trinajstić information content (AvgIpc) is 3.38. The number of fused-ring (bicyclic) bond motifs is 2. The molecular weight excluding hydrogens is 302 g/mol. The highest BCUT2D eigenvalue weighted by Crippen LogP contribution is 2.51. The first kappa shape index (κ1) is 16.0. The molecule has 0 aromatic carbocycles. The Balaban J connectivity index is 1.67. The Morgan fingerprint density at radius 2 is 2.04 bits per heavy atom. The Labute approximate surface area is 143 Å². The van der Waals surface area contributed by atoms with E-state index in [1.165, 1.54) is 38.6 Å². The van der Waals surface area contributed by atoms with E-state index < -0.39 is 5.91 Å². The summed E-state index contributed by atoms with van der Waals surface area (Å²) in [7, 11) is 1.83. The molecule has 1 aliphatic heterocycles. The van der Waals surface area contributed by atoms with Gasteiger partial charge in [0, 0.05) is 44.8 Å². The molecule has 3 fully saturated rings. The van der Waals surface area contributed by atoms with Gasteiger partial charge in [-0.05, 0) is 49.3 Å². The van der Waals surface area contributed by atoms with Crippen LogP contribution in [0.2, 0.25) is 0 Å². The largest absolute Gasteiger partial charge is 0.373 e. The number of methoxy groups -OCH3 is 1. The molecule has 130 valence electrons. The van der Waals surface area contributed by atoms with E-state index in [0.717, 1.165) is 24.6 Å². The molecule has 1 saturated heterocycles. The van der Waals surface area contributed by atoms with Gasteiger partial charge in [0.25, 0.3) is 5.91 Å². The summed E-state index contributed by atoms with van der Waals surface area (Å²) in [6.07, 6.45) is 8.12. The summed E-state index contributed by atoms with van der Waals surface area (Å²) in [6.45, 7) is 3.43. The maximum atomic E-state index is 11.6. The molecule has 1 aromatic rings. The number of ether oxygens (including phenoxy) is 1. The fourth-order valence-corrected chi connectivity index (χ4v) is 5.07. The SMILES string of the molecule is COC1(c2ccnc(C(N)=O)c2)[C@@H]2CCC[C@H]1CN(CC1CC1)C2. The minimum absolute atomic E-state index is 0.300. The first-order valence-corrected chi connectivity index (χ1v) is 9.17. The van der Waals surface area contributed by atoms with Crippen LogP contribution in [0.4, 0.5) is 0 Å². The van der Waals surface area contributed by atoms with E-state index in [9.17, 15) is 4.79 Å². The van der Waals surface area contributed by atoms with Crippen LogP contribution < -0.4 is 5.73 Å². The maximum Gasteiger partial charge on any atom is 0.267 e. The molecule has 24 heavy (non-hydrogen) atoms. The number of amides is 1. The number of pyridine rings is 1. The van der Waals surface area contributed by atoms with E-state index in [-0.39, 0.29) is 5.60 Å². The van der Waals surface area contributed by atoms with Crippen LogP contribution in [-0.4, -0.2) is 42.5 Å². The highest BCUT2D eigenvalue weighted by Gasteiger charge is 2.53. The number of piperidine rings is 1. The van der Waals surface area contributed by atoms with Crippen molar-refractivity contribution in [2.75, 3.05) is 26.7 Å². The molecule has 1 aromatic heterocycles. The summed E-state index contributed by atoms with van der Waals surface area (Å²) < 4.78 is 6.23. The van der Waals surface area contributed by atoms with Gasteiger partial charge in [0.2, 0.25) is 0 Å². The zero-order valence-corrected chi connectivity index (χ0v) is 14.4. The second kappa shape index (κ2) is 6.12. The van der Waals surface area contributed by atoms with Crippen LogP contribution in [0.3, 0.4) is 0 Å². The fraction of sp³-hybridized carbons (Fsp3) is 0.684. The number of primary amides is 1. The van der Waals surface area contributed by atoms with Crippen LogP contribution in [0, 0.1) is 17.8 Å². The van der Waals surface area contributed by atoms with Crippen LogP contribution in [0.5, 0.6) is 0 Å². The van der Waals surface area contributed by atoms with Crippen molar-refractivity contribution < 1.29 is 9.53 Å². The third kappa shape index (κ3) is 2.64. The normalized spacial score (nSPS) is 33.4. The van der Waals surface area contributed by atoms with Crippen LogP contribution in [-0.2, 0) is 10.3 Å². The summed E-state index contributed by atoms with van der Waals surface area (Å²) in [5.74, 6) is 1.39. The summed E-state index contributed by atoms with van der Waals surface area (Å²) in [6, 6.07) is 3.87. The lowest BCUT2D eigenvalue weighted by atomic mass is 9.62. The number of rotatable bonds is 5. The van der Waals surface area contributed by atoms with Crippen LogP contribution >= 0.6 is 0 Å². The molecule has 0 radical (unpaired) electrons. The topological polar surface area (TPSA) is 68.5 Å². The highest BCUT2D eigenvalue weighted by atomic mass is 16.5. The molecule has 1 amide bonds. The van der Waals surface area contributed by atoms with Gasteiger partial charge in [-0.1, -0.05) is 6.42 Å². The lowest BCUT2D eigenvalue weighted by Gasteiger charge is -2.55. The summed E-state index contributed by atoms with van der Waals surface area (Å²) >= 11 is 0.